The number of hydrogen-bond donors (Lipinski definition) is 0. The van der Waals surface area contributed by atoms with Gasteiger partial charge in [-0.1, -0.05) is 24.3 Å². The summed E-state index contributed by atoms with van der Waals surface area (Å²) in [4.78, 5) is 2.24. The summed E-state index contributed by atoms with van der Waals surface area (Å²) in [5, 5.41) is 0. The molecule has 0 amide bonds. The van der Waals surface area contributed by atoms with Crippen LogP contribution in [0.2, 0.25) is 0 Å². The van der Waals surface area contributed by atoms with Crippen molar-refractivity contribution in [2.45, 2.75) is 19.0 Å². The van der Waals surface area contributed by atoms with Gasteiger partial charge in [-0.2, -0.15) is 0 Å². The maximum Gasteiger partial charge on any atom is 0.123 e. The Morgan fingerprint density at radius 3 is 2.33 bits per heavy atom. The number of halogens is 2. The van der Waals surface area contributed by atoms with Gasteiger partial charge in [-0.15, -0.1) is 11.6 Å². The summed E-state index contributed by atoms with van der Waals surface area (Å²) in [5.41, 5.74) is 4.55. The van der Waals surface area contributed by atoms with E-state index in [9.17, 15) is 4.39 Å². The van der Waals surface area contributed by atoms with E-state index in [2.05, 4.69) is 29.2 Å². The number of anilines is 1. The number of fused-ring (bicyclic) bond motifs is 1. The molecule has 0 atom stereocenters. The molecule has 0 radical (unpaired) electrons. The third kappa shape index (κ3) is 1.97. The highest BCUT2D eigenvalue weighted by atomic mass is 35.5. The lowest BCUT2D eigenvalue weighted by molar-refractivity contribution is 0.626. The Kier molecular flexibility index (Phi) is 2.96. The zero-order valence-electron chi connectivity index (χ0n) is 9.87. The molecule has 0 aliphatic carbocycles. The normalized spacial score (nSPS) is 13.8. The van der Waals surface area contributed by atoms with E-state index < -0.39 is 0 Å². The fourth-order valence-corrected chi connectivity index (χ4v) is 2.69. The summed E-state index contributed by atoms with van der Waals surface area (Å²) >= 11 is 5.90. The van der Waals surface area contributed by atoms with E-state index in [0.29, 0.717) is 5.88 Å². The minimum atomic E-state index is -0.230. The zero-order valence-corrected chi connectivity index (χ0v) is 10.6. The van der Waals surface area contributed by atoms with Crippen molar-refractivity contribution in [3.63, 3.8) is 0 Å². The van der Waals surface area contributed by atoms with Crippen LogP contribution in [0.15, 0.2) is 42.5 Å². The van der Waals surface area contributed by atoms with Crippen LogP contribution < -0.4 is 4.90 Å². The Balaban J connectivity index is 1.95. The Morgan fingerprint density at radius 2 is 1.72 bits per heavy atom. The van der Waals surface area contributed by atoms with Gasteiger partial charge in [0.05, 0.1) is 0 Å². The molecular formula is C15H13ClFN. The molecule has 0 fully saturated rings. The summed E-state index contributed by atoms with van der Waals surface area (Å²) in [6.07, 6.45) is 0. The van der Waals surface area contributed by atoms with Crippen molar-refractivity contribution >= 4 is 17.3 Å². The van der Waals surface area contributed by atoms with Crippen molar-refractivity contribution in [3.05, 3.63) is 65.0 Å². The summed E-state index contributed by atoms with van der Waals surface area (Å²) in [5.74, 6) is 0.103. The molecule has 2 aromatic carbocycles. The van der Waals surface area contributed by atoms with Gasteiger partial charge in [0.25, 0.3) is 0 Å². The fourth-order valence-electron chi connectivity index (χ4n) is 2.47. The van der Waals surface area contributed by atoms with Gasteiger partial charge < -0.3 is 4.90 Å². The molecule has 0 bridgehead atoms. The minimum Gasteiger partial charge on any atom is -0.363 e. The summed E-state index contributed by atoms with van der Waals surface area (Å²) in [6.45, 7) is 1.73. The maximum atomic E-state index is 13.2. The van der Waals surface area contributed by atoms with Crippen LogP contribution >= 0.6 is 11.6 Å². The second-order valence-electron chi connectivity index (χ2n) is 4.53. The van der Waals surface area contributed by atoms with Crippen molar-refractivity contribution in [3.8, 4) is 0 Å². The van der Waals surface area contributed by atoms with Crippen molar-refractivity contribution in [2.75, 3.05) is 4.90 Å². The van der Waals surface area contributed by atoms with Gasteiger partial charge in [0, 0.05) is 24.7 Å². The van der Waals surface area contributed by atoms with E-state index >= 15 is 0 Å². The van der Waals surface area contributed by atoms with E-state index in [4.69, 9.17) is 11.6 Å². The maximum absolute atomic E-state index is 13.2. The van der Waals surface area contributed by atoms with Crippen LogP contribution in [0.25, 0.3) is 0 Å². The first-order chi connectivity index (χ1) is 8.78. The molecule has 2 aromatic rings. The molecule has 92 valence electrons. The Labute approximate surface area is 111 Å². The lowest BCUT2D eigenvalue weighted by Crippen LogP contribution is -2.16. The summed E-state index contributed by atoms with van der Waals surface area (Å²) < 4.78 is 13.2. The van der Waals surface area contributed by atoms with E-state index in [1.54, 1.807) is 0 Å². The van der Waals surface area contributed by atoms with Gasteiger partial charge in [-0.3, -0.25) is 0 Å². The predicted octanol–water partition coefficient (Wildman–Crippen LogP) is 4.08. The lowest BCUT2D eigenvalue weighted by atomic mass is 10.1. The molecule has 0 N–H and O–H groups in total. The van der Waals surface area contributed by atoms with Gasteiger partial charge in [0.15, 0.2) is 0 Å². The van der Waals surface area contributed by atoms with Crippen molar-refractivity contribution < 1.29 is 4.39 Å². The van der Waals surface area contributed by atoms with Gasteiger partial charge in [0.1, 0.15) is 5.82 Å². The highest BCUT2D eigenvalue weighted by molar-refractivity contribution is 6.17. The molecule has 0 unspecified atom stereocenters. The van der Waals surface area contributed by atoms with Crippen molar-refractivity contribution in [1.29, 1.82) is 0 Å². The molecule has 0 aromatic heterocycles. The molecule has 1 aliphatic heterocycles. The van der Waals surface area contributed by atoms with Crippen LogP contribution in [0.4, 0.5) is 10.1 Å². The molecule has 1 aliphatic rings. The highest BCUT2D eigenvalue weighted by Crippen LogP contribution is 2.31. The highest BCUT2D eigenvalue weighted by Gasteiger charge is 2.20. The average molecular weight is 262 g/mol. The first-order valence-electron chi connectivity index (χ1n) is 5.94. The third-order valence-electron chi connectivity index (χ3n) is 3.37. The molecule has 3 rings (SSSR count). The topological polar surface area (TPSA) is 3.24 Å². The molecular weight excluding hydrogens is 249 g/mol. The number of rotatable bonds is 2. The molecule has 1 nitrogen and oxygen atoms in total. The van der Waals surface area contributed by atoms with Crippen LogP contribution in [-0.4, -0.2) is 0 Å². The van der Waals surface area contributed by atoms with Gasteiger partial charge in [0.2, 0.25) is 0 Å². The number of nitrogens with zero attached hydrogens (tertiary/aromatic N) is 1. The van der Waals surface area contributed by atoms with Gasteiger partial charge in [-0.25, -0.2) is 4.39 Å². The van der Waals surface area contributed by atoms with Crippen molar-refractivity contribution in [2.24, 2.45) is 0 Å². The lowest BCUT2D eigenvalue weighted by Gasteiger charge is -2.20. The van der Waals surface area contributed by atoms with Crippen LogP contribution in [0.3, 0.4) is 0 Å². The Hall–Kier alpha value is -1.54. The van der Waals surface area contributed by atoms with Gasteiger partial charge >= 0.3 is 0 Å². The van der Waals surface area contributed by atoms with Crippen LogP contribution in [-0.2, 0) is 19.0 Å². The van der Waals surface area contributed by atoms with Crippen LogP contribution in [0.1, 0.15) is 16.7 Å². The smallest absolute Gasteiger partial charge is 0.123 e. The zero-order chi connectivity index (χ0) is 12.5. The molecule has 0 spiro atoms. The minimum absolute atomic E-state index is 0.230. The molecule has 1 heterocycles. The average Bonchev–Trinajstić information content (AvgIpc) is 2.82. The van der Waals surface area contributed by atoms with E-state index in [-0.39, 0.29) is 5.82 Å². The second kappa shape index (κ2) is 4.62. The van der Waals surface area contributed by atoms with Crippen molar-refractivity contribution in [1.82, 2.24) is 0 Å². The second-order valence-corrected chi connectivity index (χ2v) is 4.80. The van der Waals surface area contributed by atoms with Crippen LogP contribution in [0, 0.1) is 5.82 Å². The quantitative estimate of drug-likeness (QED) is 0.736. The van der Waals surface area contributed by atoms with E-state index in [0.717, 1.165) is 24.3 Å². The van der Waals surface area contributed by atoms with E-state index in [1.165, 1.54) is 23.3 Å². The fraction of sp³-hybridized carbons (Fsp3) is 0.200. The summed E-state index contributed by atoms with van der Waals surface area (Å²) in [6, 6.07) is 13.2. The Morgan fingerprint density at radius 1 is 1.06 bits per heavy atom. The molecule has 18 heavy (non-hydrogen) atoms. The first-order valence-corrected chi connectivity index (χ1v) is 6.47. The molecule has 0 saturated carbocycles. The third-order valence-corrected chi connectivity index (χ3v) is 3.65. The molecule has 0 saturated heterocycles. The predicted molar refractivity (Wildman–Crippen MR) is 72.3 cm³/mol. The monoisotopic (exact) mass is 261 g/mol. The Bertz CT molecular complexity index is 557. The largest absolute Gasteiger partial charge is 0.363 e. The number of alkyl halides is 1. The summed E-state index contributed by atoms with van der Waals surface area (Å²) in [7, 11) is 0. The number of hydrogen-bond acceptors (Lipinski definition) is 1. The SMILES string of the molecule is Fc1ccc(N2Cc3ccccc3C2)c(CCl)c1. The van der Waals surface area contributed by atoms with Crippen LogP contribution in [0.5, 0.6) is 0 Å². The first kappa shape index (κ1) is 11.5. The van der Waals surface area contributed by atoms with Gasteiger partial charge in [-0.05, 0) is 34.9 Å². The van der Waals surface area contributed by atoms with E-state index in [1.807, 2.05) is 6.07 Å². The number of benzene rings is 2. The standard InChI is InChI=1S/C15H13ClFN/c16-8-13-7-14(17)5-6-15(13)18-9-11-3-1-2-4-12(11)10-18/h1-7H,8-10H2. The molecule has 3 heteroatoms.